The second kappa shape index (κ2) is 6.89. The van der Waals surface area contributed by atoms with E-state index >= 15 is 0 Å². The number of carbonyl (C=O) groups is 1. The molecule has 1 saturated heterocycles. The third-order valence-electron chi connectivity index (χ3n) is 3.87. The first-order valence-electron chi connectivity index (χ1n) is 7.49. The van der Waals surface area contributed by atoms with E-state index in [1.54, 1.807) is 0 Å². The lowest BCUT2D eigenvalue weighted by molar-refractivity contribution is -0.121. The van der Waals surface area contributed by atoms with Crippen LogP contribution < -0.4 is 11.1 Å². The van der Waals surface area contributed by atoms with Gasteiger partial charge in [-0.25, -0.2) is 4.98 Å². The van der Waals surface area contributed by atoms with E-state index in [2.05, 4.69) is 15.2 Å². The maximum Gasteiger partial charge on any atom is 0.228 e. The number of carbonyl (C=O) groups excluding carboxylic acids is 1. The molecular formula is C16H20N4OS. The number of nitrogens with zero attached hydrogens (tertiary/aromatic N) is 2. The number of piperidine rings is 1. The zero-order valence-corrected chi connectivity index (χ0v) is 13.2. The number of thiazole rings is 1. The topological polar surface area (TPSA) is 71.2 Å². The molecule has 22 heavy (non-hydrogen) atoms. The van der Waals surface area contributed by atoms with Gasteiger partial charge in [-0.05, 0) is 31.5 Å². The molecule has 1 aromatic carbocycles. The first-order valence-corrected chi connectivity index (χ1v) is 8.31. The number of aromatic nitrogens is 1. The quantitative estimate of drug-likeness (QED) is 0.909. The van der Waals surface area contributed by atoms with Crippen LogP contribution >= 0.6 is 11.3 Å². The Balaban J connectivity index is 1.57. The van der Waals surface area contributed by atoms with Gasteiger partial charge < -0.3 is 11.1 Å². The van der Waals surface area contributed by atoms with E-state index < -0.39 is 0 Å². The normalized spacial score (nSPS) is 19.0. The van der Waals surface area contributed by atoms with E-state index in [-0.39, 0.29) is 11.8 Å². The highest BCUT2D eigenvalue weighted by atomic mass is 32.1. The molecule has 1 fully saturated rings. The van der Waals surface area contributed by atoms with Crippen molar-refractivity contribution in [1.82, 2.24) is 9.88 Å². The Morgan fingerprint density at radius 2 is 2.23 bits per heavy atom. The van der Waals surface area contributed by atoms with E-state index in [4.69, 9.17) is 5.73 Å². The molecule has 1 aromatic heterocycles. The monoisotopic (exact) mass is 316 g/mol. The standard InChI is InChI=1S/C16H20N4OS/c17-16-18-9-14(22-16)11-20-8-4-5-12(10-20)15(21)19-13-6-2-1-3-7-13/h1-3,6-7,9,12H,4-5,8,10-11H2,(H2,17,18)(H,19,21). The number of amides is 1. The van der Waals surface area contributed by atoms with Crippen molar-refractivity contribution in [2.75, 3.05) is 24.1 Å². The van der Waals surface area contributed by atoms with Gasteiger partial charge in [-0.3, -0.25) is 9.69 Å². The van der Waals surface area contributed by atoms with Gasteiger partial charge in [-0.2, -0.15) is 0 Å². The Labute approximate surface area is 134 Å². The molecule has 5 nitrogen and oxygen atoms in total. The molecule has 2 aromatic rings. The SMILES string of the molecule is Nc1ncc(CN2CCCC(C(=O)Nc3ccccc3)C2)s1. The van der Waals surface area contributed by atoms with Crippen LogP contribution in [0.5, 0.6) is 0 Å². The summed E-state index contributed by atoms with van der Waals surface area (Å²) in [6, 6.07) is 9.63. The molecule has 3 rings (SSSR count). The number of rotatable bonds is 4. The maximum absolute atomic E-state index is 12.4. The summed E-state index contributed by atoms with van der Waals surface area (Å²) in [6.45, 7) is 2.63. The van der Waals surface area contributed by atoms with E-state index in [9.17, 15) is 4.79 Å². The van der Waals surface area contributed by atoms with Crippen LogP contribution in [0, 0.1) is 5.92 Å². The van der Waals surface area contributed by atoms with Crippen molar-refractivity contribution in [3.05, 3.63) is 41.4 Å². The van der Waals surface area contributed by atoms with Crippen LogP contribution in [0.2, 0.25) is 0 Å². The predicted molar refractivity (Wildman–Crippen MR) is 89.6 cm³/mol. The molecule has 0 aliphatic carbocycles. The molecule has 1 atom stereocenters. The molecule has 116 valence electrons. The van der Waals surface area contributed by atoms with Gasteiger partial charge in [0.2, 0.25) is 5.91 Å². The molecule has 0 spiro atoms. The number of para-hydroxylation sites is 1. The van der Waals surface area contributed by atoms with Crippen LogP contribution in [-0.2, 0) is 11.3 Å². The molecule has 1 unspecified atom stereocenters. The maximum atomic E-state index is 12.4. The van der Waals surface area contributed by atoms with Crippen LogP contribution in [0.1, 0.15) is 17.7 Å². The Kier molecular flexibility index (Phi) is 4.70. The number of nitrogens with two attached hydrogens (primary N) is 1. The fourth-order valence-electron chi connectivity index (χ4n) is 2.80. The third-order valence-corrected chi connectivity index (χ3v) is 4.68. The van der Waals surface area contributed by atoms with E-state index in [1.807, 2.05) is 36.5 Å². The highest BCUT2D eigenvalue weighted by Crippen LogP contribution is 2.23. The summed E-state index contributed by atoms with van der Waals surface area (Å²) in [7, 11) is 0. The first kappa shape index (κ1) is 15.0. The molecule has 1 aliphatic rings. The minimum absolute atomic E-state index is 0.0409. The molecule has 1 amide bonds. The van der Waals surface area contributed by atoms with Crippen LogP contribution in [0.3, 0.4) is 0 Å². The van der Waals surface area contributed by atoms with Crippen molar-refractivity contribution in [3.63, 3.8) is 0 Å². The van der Waals surface area contributed by atoms with Gasteiger partial charge in [-0.15, -0.1) is 11.3 Å². The molecule has 1 aliphatic heterocycles. The van der Waals surface area contributed by atoms with Gasteiger partial charge in [0.1, 0.15) is 0 Å². The lowest BCUT2D eigenvalue weighted by atomic mass is 9.97. The molecule has 0 saturated carbocycles. The number of likely N-dealkylation sites (tertiary alicyclic amines) is 1. The lowest BCUT2D eigenvalue weighted by Crippen LogP contribution is -2.40. The summed E-state index contributed by atoms with van der Waals surface area (Å²) in [6.07, 6.45) is 3.81. The second-order valence-corrected chi connectivity index (χ2v) is 6.74. The van der Waals surface area contributed by atoms with Gasteiger partial charge in [0.15, 0.2) is 5.13 Å². The lowest BCUT2D eigenvalue weighted by Gasteiger charge is -2.31. The van der Waals surface area contributed by atoms with Gasteiger partial charge in [0.05, 0.1) is 5.92 Å². The van der Waals surface area contributed by atoms with Gasteiger partial charge in [0, 0.05) is 29.9 Å². The van der Waals surface area contributed by atoms with Crippen molar-refractivity contribution in [3.8, 4) is 0 Å². The Morgan fingerprint density at radius 3 is 2.95 bits per heavy atom. The zero-order valence-electron chi connectivity index (χ0n) is 12.4. The summed E-state index contributed by atoms with van der Waals surface area (Å²) in [5, 5.41) is 3.61. The Morgan fingerprint density at radius 1 is 1.41 bits per heavy atom. The van der Waals surface area contributed by atoms with Crippen molar-refractivity contribution in [2.24, 2.45) is 5.92 Å². The smallest absolute Gasteiger partial charge is 0.228 e. The summed E-state index contributed by atoms with van der Waals surface area (Å²) in [4.78, 5) is 20.0. The van der Waals surface area contributed by atoms with Gasteiger partial charge >= 0.3 is 0 Å². The molecule has 6 heteroatoms. The number of benzene rings is 1. The molecule has 0 radical (unpaired) electrons. The number of nitrogens with one attached hydrogen (secondary N) is 1. The summed E-state index contributed by atoms with van der Waals surface area (Å²) >= 11 is 1.52. The largest absolute Gasteiger partial charge is 0.375 e. The highest BCUT2D eigenvalue weighted by molar-refractivity contribution is 7.15. The average Bonchev–Trinajstić information content (AvgIpc) is 2.93. The summed E-state index contributed by atoms with van der Waals surface area (Å²) < 4.78 is 0. The molecular weight excluding hydrogens is 296 g/mol. The molecule has 0 bridgehead atoms. The minimum atomic E-state index is 0.0409. The number of nitrogen functional groups attached to an aromatic ring is 1. The fraction of sp³-hybridized carbons (Fsp3) is 0.375. The molecule has 2 heterocycles. The Hall–Kier alpha value is -1.92. The highest BCUT2D eigenvalue weighted by Gasteiger charge is 2.26. The van der Waals surface area contributed by atoms with Crippen molar-refractivity contribution in [2.45, 2.75) is 19.4 Å². The second-order valence-electron chi connectivity index (χ2n) is 5.59. The van der Waals surface area contributed by atoms with Crippen molar-refractivity contribution >= 4 is 28.1 Å². The van der Waals surface area contributed by atoms with Gasteiger partial charge in [-0.1, -0.05) is 18.2 Å². The van der Waals surface area contributed by atoms with E-state index in [0.717, 1.165) is 43.0 Å². The predicted octanol–water partition coefficient (Wildman–Crippen LogP) is 2.58. The molecule has 3 N–H and O–H groups in total. The number of anilines is 2. The van der Waals surface area contributed by atoms with Crippen molar-refractivity contribution < 1.29 is 4.79 Å². The zero-order chi connectivity index (χ0) is 15.4. The van der Waals surface area contributed by atoms with E-state index in [0.29, 0.717) is 5.13 Å². The van der Waals surface area contributed by atoms with Crippen LogP contribution in [0.15, 0.2) is 36.5 Å². The summed E-state index contributed by atoms with van der Waals surface area (Å²) in [5.74, 6) is 0.152. The first-order chi connectivity index (χ1) is 10.7. The Bertz CT molecular complexity index is 628. The summed E-state index contributed by atoms with van der Waals surface area (Å²) in [5.41, 5.74) is 6.53. The van der Waals surface area contributed by atoms with Gasteiger partial charge in [0.25, 0.3) is 0 Å². The van der Waals surface area contributed by atoms with Crippen molar-refractivity contribution in [1.29, 1.82) is 0 Å². The van der Waals surface area contributed by atoms with Crippen LogP contribution in [0.25, 0.3) is 0 Å². The number of hydrogen-bond acceptors (Lipinski definition) is 5. The van der Waals surface area contributed by atoms with E-state index in [1.165, 1.54) is 11.3 Å². The average molecular weight is 316 g/mol. The fourth-order valence-corrected chi connectivity index (χ4v) is 3.52. The van der Waals surface area contributed by atoms with Crippen LogP contribution in [-0.4, -0.2) is 28.9 Å². The number of hydrogen-bond donors (Lipinski definition) is 2. The minimum Gasteiger partial charge on any atom is -0.375 e. The van der Waals surface area contributed by atoms with Crippen LogP contribution in [0.4, 0.5) is 10.8 Å². The third kappa shape index (κ3) is 3.84.